The van der Waals surface area contributed by atoms with Crippen molar-refractivity contribution in [1.82, 2.24) is 0 Å². The normalized spacial score (nSPS) is 18.0. The molecule has 0 aliphatic rings. The summed E-state index contributed by atoms with van der Waals surface area (Å²) in [6, 6.07) is 0. The van der Waals surface area contributed by atoms with Gasteiger partial charge in [0.15, 0.2) is 0 Å². The van der Waals surface area contributed by atoms with E-state index >= 15 is 0 Å². The molecule has 50 valence electrons. The monoisotopic (exact) mass is 116 g/mol. The van der Waals surface area contributed by atoms with Gasteiger partial charge in [-0.2, -0.15) is 0 Å². The predicted molar refractivity (Wildman–Crippen MR) is 35.8 cm³/mol. The molecule has 0 aliphatic carbocycles. The molecule has 0 radical (unpaired) electrons. The van der Waals surface area contributed by atoms with E-state index in [1.54, 1.807) is 0 Å². The van der Waals surface area contributed by atoms with Crippen molar-refractivity contribution >= 4 is 0 Å². The van der Waals surface area contributed by atoms with E-state index in [2.05, 4.69) is 13.8 Å². The van der Waals surface area contributed by atoms with Gasteiger partial charge in [0.2, 0.25) is 0 Å². The van der Waals surface area contributed by atoms with Crippen LogP contribution in [0.15, 0.2) is 0 Å². The third-order valence-corrected chi connectivity index (χ3v) is 1.72. The molecule has 0 aromatic rings. The summed E-state index contributed by atoms with van der Waals surface area (Å²) in [5.74, 6) is 0.472. The molecule has 8 heavy (non-hydrogen) atoms. The third kappa shape index (κ3) is 2.31. The first kappa shape index (κ1) is 7.96. The van der Waals surface area contributed by atoms with Crippen LogP contribution >= 0.6 is 0 Å². The lowest BCUT2D eigenvalue weighted by Gasteiger charge is -2.13. The molecule has 0 amide bonds. The second-order valence-corrected chi connectivity index (χ2v) is 2.36. The average molecular weight is 116 g/mol. The zero-order chi connectivity index (χ0) is 6.57. The standard InChI is InChI=1S/C7H16O/c1-4-6(3)7(8)5-2/h6-8H,4-5H2,1-3H3/t6-,7-/m1/s1. The van der Waals surface area contributed by atoms with Gasteiger partial charge in [0.1, 0.15) is 0 Å². The summed E-state index contributed by atoms with van der Waals surface area (Å²) >= 11 is 0. The Balaban J connectivity index is 3.29. The zero-order valence-corrected chi connectivity index (χ0v) is 6.02. The number of aliphatic hydroxyl groups is 1. The van der Waals surface area contributed by atoms with Crippen LogP contribution in [0.3, 0.4) is 0 Å². The smallest absolute Gasteiger partial charge is 0.0563 e. The largest absolute Gasteiger partial charge is 0.393 e. The molecule has 1 N–H and O–H groups in total. The molecule has 1 nitrogen and oxygen atoms in total. The highest BCUT2D eigenvalue weighted by Gasteiger charge is 2.07. The highest BCUT2D eigenvalue weighted by Crippen LogP contribution is 2.09. The summed E-state index contributed by atoms with van der Waals surface area (Å²) in [4.78, 5) is 0. The van der Waals surface area contributed by atoms with Crippen molar-refractivity contribution in [2.45, 2.75) is 39.7 Å². The lowest BCUT2D eigenvalue weighted by Crippen LogP contribution is -2.14. The zero-order valence-electron chi connectivity index (χ0n) is 6.02. The summed E-state index contributed by atoms with van der Waals surface area (Å²) < 4.78 is 0. The molecule has 0 saturated heterocycles. The van der Waals surface area contributed by atoms with Crippen LogP contribution in [0.4, 0.5) is 0 Å². The van der Waals surface area contributed by atoms with Gasteiger partial charge in [-0.3, -0.25) is 0 Å². The Bertz CT molecular complexity index is 44.3. The van der Waals surface area contributed by atoms with E-state index in [1.165, 1.54) is 0 Å². The molecule has 0 spiro atoms. The second kappa shape index (κ2) is 3.90. The maximum atomic E-state index is 9.13. The molecule has 1 heteroatoms. The van der Waals surface area contributed by atoms with Gasteiger partial charge in [0.25, 0.3) is 0 Å². The molecule has 0 heterocycles. The van der Waals surface area contributed by atoms with Crippen LogP contribution in [0, 0.1) is 5.92 Å². The first-order valence-electron chi connectivity index (χ1n) is 3.40. The van der Waals surface area contributed by atoms with E-state index < -0.39 is 0 Å². The van der Waals surface area contributed by atoms with Crippen LogP contribution in [0.5, 0.6) is 0 Å². The molecule has 0 saturated carbocycles. The second-order valence-electron chi connectivity index (χ2n) is 2.36. The van der Waals surface area contributed by atoms with Crippen molar-refractivity contribution in [3.63, 3.8) is 0 Å². The van der Waals surface area contributed by atoms with Crippen LogP contribution in [0.25, 0.3) is 0 Å². The van der Waals surface area contributed by atoms with Crippen LogP contribution in [-0.2, 0) is 0 Å². The van der Waals surface area contributed by atoms with Crippen LogP contribution in [-0.4, -0.2) is 11.2 Å². The van der Waals surface area contributed by atoms with E-state index in [9.17, 15) is 0 Å². The Morgan fingerprint density at radius 1 is 1.25 bits per heavy atom. The minimum Gasteiger partial charge on any atom is -0.393 e. The van der Waals surface area contributed by atoms with Gasteiger partial charge >= 0.3 is 0 Å². The SMILES string of the molecule is CC[C@@H](C)[C@H](O)CC. The van der Waals surface area contributed by atoms with Gasteiger partial charge in [0.05, 0.1) is 6.10 Å². The lowest BCUT2D eigenvalue weighted by atomic mass is 10.0. The third-order valence-electron chi connectivity index (χ3n) is 1.72. The van der Waals surface area contributed by atoms with Crippen LogP contribution < -0.4 is 0 Å². The molecule has 0 unspecified atom stereocenters. The molecular weight excluding hydrogens is 100 g/mol. The summed E-state index contributed by atoms with van der Waals surface area (Å²) in [5.41, 5.74) is 0. The molecule has 0 bridgehead atoms. The Morgan fingerprint density at radius 3 is 1.88 bits per heavy atom. The number of hydrogen-bond donors (Lipinski definition) is 1. The molecule has 2 atom stereocenters. The Kier molecular flexibility index (Phi) is 3.88. The molecule has 0 aromatic heterocycles. The van der Waals surface area contributed by atoms with E-state index in [4.69, 9.17) is 5.11 Å². The van der Waals surface area contributed by atoms with Crippen LogP contribution in [0.2, 0.25) is 0 Å². The van der Waals surface area contributed by atoms with E-state index in [1.807, 2.05) is 6.92 Å². The van der Waals surface area contributed by atoms with Crippen molar-refractivity contribution in [1.29, 1.82) is 0 Å². The van der Waals surface area contributed by atoms with Crippen molar-refractivity contribution in [3.8, 4) is 0 Å². The van der Waals surface area contributed by atoms with Crippen molar-refractivity contribution in [2.24, 2.45) is 5.92 Å². The highest BCUT2D eigenvalue weighted by atomic mass is 16.3. The lowest BCUT2D eigenvalue weighted by molar-refractivity contribution is 0.111. The summed E-state index contributed by atoms with van der Waals surface area (Å²) in [6.45, 7) is 6.19. The van der Waals surface area contributed by atoms with Gasteiger partial charge in [-0.25, -0.2) is 0 Å². The average Bonchev–Trinajstić information content (AvgIpc) is 1.84. The molecular formula is C7H16O. The Morgan fingerprint density at radius 2 is 1.75 bits per heavy atom. The van der Waals surface area contributed by atoms with E-state index in [0.717, 1.165) is 12.8 Å². The minimum atomic E-state index is -0.0833. The van der Waals surface area contributed by atoms with Gasteiger partial charge in [-0.1, -0.05) is 27.2 Å². The van der Waals surface area contributed by atoms with E-state index in [-0.39, 0.29) is 6.10 Å². The van der Waals surface area contributed by atoms with Gasteiger partial charge < -0.3 is 5.11 Å². The van der Waals surface area contributed by atoms with Crippen molar-refractivity contribution < 1.29 is 5.11 Å². The number of hydrogen-bond acceptors (Lipinski definition) is 1. The van der Waals surface area contributed by atoms with Crippen LogP contribution in [0.1, 0.15) is 33.6 Å². The van der Waals surface area contributed by atoms with Crippen molar-refractivity contribution in [2.75, 3.05) is 0 Å². The molecule has 0 fully saturated rings. The first-order valence-corrected chi connectivity index (χ1v) is 3.40. The van der Waals surface area contributed by atoms with Gasteiger partial charge in [-0.15, -0.1) is 0 Å². The fourth-order valence-corrected chi connectivity index (χ4v) is 0.674. The summed E-state index contributed by atoms with van der Waals surface area (Å²) in [6.07, 6.45) is 1.88. The Hall–Kier alpha value is -0.0400. The topological polar surface area (TPSA) is 20.2 Å². The van der Waals surface area contributed by atoms with Gasteiger partial charge in [-0.05, 0) is 12.3 Å². The maximum absolute atomic E-state index is 9.13. The quantitative estimate of drug-likeness (QED) is 0.596. The minimum absolute atomic E-state index is 0.0833. The summed E-state index contributed by atoms with van der Waals surface area (Å²) in [5, 5.41) is 9.13. The maximum Gasteiger partial charge on any atom is 0.0563 e. The molecule has 0 aliphatic heterocycles. The number of aliphatic hydroxyl groups excluding tert-OH is 1. The number of rotatable bonds is 3. The fourth-order valence-electron chi connectivity index (χ4n) is 0.674. The van der Waals surface area contributed by atoms with E-state index in [0.29, 0.717) is 5.92 Å². The molecule has 0 aromatic carbocycles. The molecule has 0 rings (SSSR count). The first-order chi connectivity index (χ1) is 3.72. The van der Waals surface area contributed by atoms with Gasteiger partial charge in [0, 0.05) is 0 Å². The summed E-state index contributed by atoms with van der Waals surface area (Å²) in [7, 11) is 0. The predicted octanol–water partition coefficient (Wildman–Crippen LogP) is 1.80. The highest BCUT2D eigenvalue weighted by molar-refractivity contribution is 4.59. The fraction of sp³-hybridized carbons (Fsp3) is 1.00. The van der Waals surface area contributed by atoms with Crippen molar-refractivity contribution in [3.05, 3.63) is 0 Å². The Labute approximate surface area is 51.7 Å².